The van der Waals surface area contributed by atoms with Crippen molar-refractivity contribution in [2.24, 2.45) is 0 Å². The van der Waals surface area contributed by atoms with Crippen LogP contribution in [-0.2, 0) is 13.1 Å². The van der Waals surface area contributed by atoms with Gasteiger partial charge in [0.15, 0.2) is 0 Å². The van der Waals surface area contributed by atoms with Gasteiger partial charge in [-0.2, -0.15) is 5.26 Å². The number of aromatic nitrogens is 1. The van der Waals surface area contributed by atoms with Crippen molar-refractivity contribution in [3.63, 3.8) is 0 Å². The summed E-state index contributed by atoms with van der Waals surface area (Å²) in [7, 11) is 0. The zero-order valence-corrected chi connectivity index (χ0v) is 30.3. The first-order valence-corrected chi connectivity index (χ1v) is 17.9. The molecule has 1 fully saturated rings. The monoisotopic (exact) mass is 713 g/mol. The Hall–Kier alpha value is -4.11. The standard InChI is InChI=1S/C38H42Cl2FN9/c1-5-48-20-24-7-6-23(14-25(24)21-48)36(34-22-50(47-46-34)29-10-12-49(13-11-29)38(2,3)4)45-28-15-30-35(44-27-8-9-33(41)31(39)16-27)26(18-42)19-43-37(30)32(40)17-28/h6-9,14-17,19,22,29,36,45-47H,5,10-13,20-21H2,1-4H3,(H,43,44)/t36-/m0/s1. The molecule has 0 radical (unpaired) electrons. The Kier molecular flexibility index (Phi) is 9.54. The summed E-state index contributed by atoms with van der Waals surface area (Å²) in [5, 5.41) is 20.3. The molecule has 0 amide bonds. The molecule has 0 aliphatic carbocycles. The lowest BCUT2D eigenvalue weighted by Crippen LogP contribution is -2.52. The summed E-state index contributed by atoms with van der Waals surface area (Å²) in [5.41, 5.74) is 14.5. The van der Waals surface area contributed by atoms with E-state index in [9.17, 15) is 9.65 Å². The number of hydrogen-bond donors (Lipinski definition) is 4. The molecule has 1 atom stereocenters. The van der Waals surface area contributed by atoms with Gasteiger partial charge in [-0.25, -0.2) is 4.39 Å². The van der Waals surface area contributed by atoms with Crippen LogP contribution in [0.4, 0.5) is 21.5 Å². The minimum atomic E-state index is -0.523. The Morgan fingerprint density at radius 2 is 1.78 bits per heavy atom. The summed E-state index contributed by atoms with van der Waals surface area (Å²) >= 11 is 13.0. The Balaban J connectivity index is 1.24. The molecule has 1 aromatic heterocycles. The highest BCUT2D eigenvalue weighted by Crippen LogP contribution is 2.38. The van der Waals surface area contributed by atoms with Crippen LogP contribution in [-0.4, -0.2) is 51.0 Å². The number of hydrazine groups is 2. The molecule has 50 heavy (non-hydrogen) atoms. The summed E-state index contributed by atoms with van der Waals surface area (Å²) in [6.07, 6.45) is 5.79. The molecule has 1 saturated heterocycles. The van der Waals surface area contributed by atoms with Crippen molar-refractivity contribution in [1.82, 2.24) is 30.8 Å². The number of benzene rings is 3. The fourth-order valence-corrected chi connectivity index (χ4v) is 7.63. The average Bonchev–Trinajstić information content (AvgIpc) is 3.76. The molecule has 12 heteroatoms. The number of piperidine rings is 1. The molecule has 4 heterocycles. The molecular weight excluding hydrogens is 672 g/mol. The first kappa shape index (κ1) is 34.3. The summed E-state index contributed by atoms with van der Waals surface area (Å²) in [6, 6.07) is 17.2. The number of pyridine rings is 1. The predicted octanol–water partition coefficient (Wildman–Crippen LogP) is 8.21. The van der Waals surface area contributed by atoms with Crippen LogP contribution < -0.4 is 21.6 Å². The van der Waals surface area contributed by atoms with Gasteiger partial charge in [0.1, 0.15) is 11.9 Å². The van der Waals surface area contributed by atoms with E-state index in [0.29, 0.717) is 38.9 Å². The number of nitriles is 1. The summed E-state index contributed by atoms with van der Waals surface area (Å²) < 4.78 is 14.0. The molecule has 7 rings (SSSR count). The highest BCUT2D eigenvalue weighted by molar-refractivity contribution is 6.36. The van der Waals surface area contributed by atoms with E-state index in [1.165, 1.54) is 29.5 Å². The van der Waals surface area contributed by atoms with Gasteiger partial charge in [-0.15, -0.1) is 5.53 Å². The third-order valence-corrected chi connectivity index (χ3v) is 10.6. The molecule has 3 aliphatic heterocycles. The Morgan fingerprint density at radius 3 is 2.50 bits per heavy atom. The highest BCUT2D eigenvalue weighted by Gasteiger charge is 2.32. The molecule has 4 N–H and O–H groups in total. The van der Waals surface area contributed by atoms with Crippen LogP contribution in [0.5, 0.6) is 0 Å². The van der Waals surface area contributed by atoms with Crippen molar-refractivity contribution < 1.29 is 4.39 Å². The number of hydrogen-bond acceptors (Lipinski definition) is 9. The number of nitrogens with one attached hydrogen (secondary N) is 4. The Morgan fingerprint density at radius 1 is 1.02 bits per heavy atom. The molecule has 3 aromatic carbocycles. The fraction of sp³-hybridized carbons (Fsp3) is 0.368. The maximum Gasteiger partial charge on any atom is 0.141 e. The first-order valence-electron chi connectivity index (χ1n) is 17.1. The summed E-state index contributed by atoms with van der Waals surface area (Å²) in [5.74, 6) is -0.523. The van der Waals surface area contributed by atoms with E-state index in [-0.39, 0.29) is 16.6 Å². The van der Waals surface area contributed by atoms with E-state index >= 15 is 0 Å². The molecule has 0 unspecified atom stereocenters. The van der Waals surface area contributed by atoms with Crippen molar-refractivity contribution in [2.75, 3.05) is 30.3 Å². The number of anilines is 3. The summed E-state index contributed by atoms with van der Waals surface area (Å²) in [6.45, 7) is 14.0. The zero-order chi connectivity index (χ0) is 35.2. The quantitative estimate of drug-likeness (QED) is 0.144. The lowest BCUT2D eigenvalue weighted by molar-refractivity contribution is 0.0570. The van der Waals surface area contributed by atoms with E-state index in [1.807, 2.05) is 12.1 Å². The first-order chi connectivity index (χ1) is 24.0. The molecule has 9 nitrogen and oxygen atoms in total. The van der Waals surface area contributed by atoms with Crippen molar-refractivity contribution in [3.8, 4) is 6.07 Å². The fourth-order valence-electron chi connectivity index (χ4n) is 7.18. The smallest absolute Gasteiger partial charge is 0.141 e. The number of likely N-dealkylation sites (tertiary alicyclic amines) is 1. The minimum Gasteiger partial charge on any atom is -0.373 e. The van der Waals surface area contributed by atoms with Crippen LogP contribution in [0.15, 0.2) is 66.6 Å². The zero-order valence-electron chi connectivity index (χ0n) is 28.7. The topological polar surface area (TPSA) is 94.5 Å². The molecule has 4 aromatic rings. The van der Waals surface area contributed by atoms with Gasteiger partial charge in [-0.1, -0.05) is 48.3 Å². The van der Waals surface area contributed by atoms with Gasteiger partial charge in [-0.3, -0.25) is 19.8 Å². The van der Waals surface area contributed by atoms with Gasteiger partial charge in [0.05, 0.1) is 38.6 Å². The molecule has 0 spiro atoms. The van der Waals surface area contributed by atoms with Crippen molar-refractivity contribution in [2.45, 2.75) is 71.2 Å². The maximum atomic E-state index is 14.0. The largest absolute Gasteiger partial charge is 0.373 e. The lowest BCUT2D eigenvalue weighted by atomic mass is 9.97. The second kappa shape index (κ2) is 13.9. The Bertz CT molecular complexity index is 2000. The van der Waals surface area contributed by atoms with Crippen molar-refractivity contribution >= 4 is 51.2 Å². The molecular formula is C38H42Cl2FN9. The lowest BCUT2D eigenvalue weighted by Gasteiger charge is -2.42. The van der Waals surface area contributed by atoms with Crippen molar-refractivity contribution in [3.05, 3.63) is 105 Å². The highest BCUT2D eigenvalue weighted by atomic mass is 35.5. The molecule has 260 valence electrons. The van der Waals surface area contributed by atoms with Gasteiger partial charge in [0.2, 0.25) is 0 Å². The van der Waals surface area contributed by atoms with Crippen LogP contribution in [0.2, 0.25) is 10.0 Å². The van der Waals surface area contributed by atoms with Crippen LogP contribution in [0.3, 0.4) is 0 Å². The van der Waals surface area contributed by atoms with Gasteiger partial charge in [0.25, 0.3) is 0 Å². The van der Waals surface area contributed by atoms with Gasteiger partial charge in [-0.05, 0) is 87.2 Å². The number of halogens is 3. The van der Waals surface area contributed by atoms with Crippen molar-refractivity contribution in [1.29, 1.82) is 5.26 Å². The van der Waals surface area contributed by atoms with E-state index < -0.39 is 5.82 Å². The third-order valence-electron chi connectivity index (χ3n) is 10.1. The second-order valence-corrected chi connectivity index (χ2v) is 15.1. The van der Waals surface area contributed by atoms with E-state index in [0.717, 1.165) is 62.5 Å². The summed E-state index contributed by atoms with van der Waals surface area (Å²) in [4.78, 5) is 9.51. The van der Waals surface area contributed by atoms with Gasteiger partial charge < -0.3 is 16.1 Å². The van der Waals surface area contributed by atoms with Gasteiger partial charge in [0, 0.05) is 66.9 Å². The van der Waals surface area contributed by atoms with Crippen LogP contribution in [0.25, 0.3) is 10.9 Å². The SMILES string of the molecule is CCN1Cc2ccc([C@H](Nc3cc(Cl)c4ncc(C#N)c(Nc5ccc(F)c(Cl)c5)c4c3)C3=CN(C4CCN(C(C)(C)C)CC4)NN3)cc2C1. The van der Waals surface area contributed by atoms with E-state index in [4.69, 9.17) is 23.2 Å². The predicted molar refractivity (Wildman–Crippen MR) is 199 cm³/mol. The number of nitrogens with zero attached hydrogens (tertiary/aromatic N) is 5. The Labute approximate surface area is 303 Å². The number of fused-ring (bicyclic) bond motifs is 2. The molecule has 0 saturated carbocycles. The molecule has 0 bridgehead atoms. The van der Waals surface area contributed by atoms with Gasteiger partial charge >= 0.3 is 0 Å². The number of rotatable bonds is 8. The van der Waals surface area contributed by atoms with E-state index in [2.05, 4.69) is 99.6 Å². The van der Waals surface area contributed by atoms with E-state index in [1.54, 1.807) is 6.07 Å². The minimum absolute atomic E-state index is 0.0220. The second-order valence-electron chi connectivity index (χ2n) is 14.3. The molecule has 3 aliphatic rings. The van der Waals surface area contributed by atoms with Crippen LogP contribution >= 0.6 is 23.2 Å². The van der Waals surface area contributed by atoms with Crippen LogP contribution in [0.1, 0.15) is 68.8 Å². The average molecular weight is 715 g/mol. The van der Waals surface area contributed by atoms with Crippen LogP contribution in [0, 0.1) is 17.1 Å². The third kappa shape index (κ3) is 6.94. The normalized spacial score (nSPS) is 17.7. The maximum absolute atomic E-state index is 14.0.